The van der Waals surface area contributed by atoms with E-state index in [-0.39, 0.29) is 11.9 Å². The third kappa shape index (κ3) is 3.64. The van der Waals surface area contributed by atoms with Gasteiger partial charge in [-0.15, -0.1) is 0 Å². The fourth-order valence-corrected chi connectivity index (χ4v) is 2.71. The summed E-state index contributed by atoms with van der Waals surface area (Å²) in [6, 6.07) is 7.55. The number of hydrogen-bond acceptors (Lipinski definition) is 4. The molecule has 2 heterocycles. The molecular weight excluding hydrogens is 304 g/mol. The first-order chi connectivity index (χ1) is 11.7. The maximum absolute atomic E-state index is 12.3. The van der Waals surface area contributed by atoms with Gasteiger partial charge in [-0.2, -0.15) is 5.10 Å². The topological polar surface area (TPSA) is 73.0 Å². The Morgan fingerprint density at radius 3 is 3.04 bits per heavy atom. The van der Waals surface area contributed by atoms with Crippen LogP contribution in [0.15, 0.2) is 41.1 Å². The van der Waals surface area contributed by atoms with Crippen LogP contribution in [-0.4, -0.2) is 27.2 Å². The zero-order valence-corrected chi connectivity index (χ0v) is 14.0. The standard InChI is InChI=1S/C18H22N4O2/c1-3-15(22-11-5-10-20-22)18(23)19-9-4-6-17-21-14-8-7-13(2)12-16(14)24-17/h5,7-8,10-12,15H,3-4,6,9H2,1-2H3,(H,19,23). The number of aromatic nitrogens is 3. The largest absolute Gasteiger partial charge is 0.441 e. The minimum Gasteiger partial charge on any atom is -0.441 e. The second-order valence-corrected chi connectivity index (χ2v) is 5.88. The van der Waals surface area contributed by atoms with E-state index in [0.29, 0.717) is 25.3 Å². The Labute approximate surface area is 140 Å². The summed E-state index contributed by atoms with van der Waals surface area (Å²) in [4.78, 5) is 16.7. The van der Waals surface area contributed by atoms with Gasteiger partial charge in [0, 0.05) is 25.4 Å². The molecule has 0 spiro atoms. The van der Waals surface area contributed by atoms with Crippen LogP contribution >= 0.6 is 0 Å². The van der Waals surface area contributed by atoms with Crippen molar-refractivity contribution < 1.29 is 9.21 Å². The molecule has 0 saturated heterocycles. The lowest BCUT2D eigenvalue weighted by molar-refractivity contribution is -0.124. The molecule has 0 aliphatic heterocycles. The number of carbonyl (C=O) groups is 1. The normalized spacial score (nSPS) is 12.4. The predicted molar refractivity (Wildman–Crippen MR) is 91.6 cm³/mol. The van der Waals surface area contributed by atoms with E-state index in [4.69, 9.17) is 4.42 Å². The number of nitrogens with one attached hydrogen (secondary N) is 1. The number of amides is 1. The zero-order valence-electron chi connectivity index (χ0n) is 14.0. The van der Waals surface area contributed by atoms with E-state index in [2.05, 4.69) is 15.4 Å². The molecule has 0 aliphatic carbocycles. The van der Waals surface area contributed by atoms with Crippen molar-refractivity contribution in [1.29, 1.82) is 0 Å². The van der Waals surface area contributed by atoms with Crippen molar-refractivity contribution in [2.75, 3.05) is 6.54 Å². The molecule has 6 heteroatoms. The Kier molecular flexibility index (Phi) is 4.93. The average molecular weight is 326 g/mol. The van der Waals surface area contributed by atoms with Crippen molar-refractivity contribution in [3.05, 3.63) is 48.1 Å². The van der Waals surface area contributed by atoms with Gasteiger partial charge < -0.3 is 9.73 Å². The number of nitrogens with zero attached hydrogens (tertiary/aromatic N) is 3. The van der Waals surface area contributed by atoms with Crippen LogP contribution in [-0.2, 0) is 11.2 Å². The highest BCUT2D eigenvalue weighted by Gasteiger charge is 2.17. The van der Waals surface area contributed by atoms with Gasteiger partial charge in [-0.1, -0.05) is 13.0 Å². The predicted octanol–water partition coefficient (Wildman–Crippen LogP) is 3.03. The molecule has 1 unspecified atom stereocenters. The first kappa shape index (κ1) is 16.2. The van der Waals surface area contributed by atoms with E-state index >= 15 is 0 Å². The number of hydrogen-bond donors (Lipinski definition) is 1. The lowest BCUT2D eigenvalue weighted by atomic mass is 10.2. The number of aryl methyl sites for hydroxylation is 2. The minimum absolute atomic E-state index is 0.00519. The second-order valence-electron chi connectivity index (χ2n) is 5.88. The second kappa shape index (κ2) is 7.29. The molecule has 3 rings (SSSR count). The molecular formula is C18H22N4O2. The van der Waals surface area contributed by atoms with Gasteiger partial charge in [-0.25, -0.2) is 4.98 Å². The number of carbonyl (C=O) groups excluding carboxylic acids is 1. The highest BCUT2D eigenvalue weighted by atomic mass is 16.3. The number of rotatable bonds is 7. The molecule has 1 amide bonds. The highest BCUT2D eigenvalue weighted by molar-refractivity contribution is 5.80. The van der Waals surface area contributed by atoms with Crippen LogP contribution in [0.25, 0.3) is 11.1 Å². The summed E-state index contributed by atoms with van der Waals surface area (Å²) >= 11 is 0. The number of fused-ring (bicyclic) bond motifs is 1. The fourth-order valence-electron chi connectivity index (χ4n) is 2.71. The summed E-state index contributed by atoms with van der Waals surface area (Å²) in [5.74, 6) is 0.707. The van der Waals surface area contributed by atoms with E-state index < -0.39 is 0 Å². The van der Waals surface area contributed by atoms with Crippen molar-refractivity contribution >= 4 is 17.0 Å². The Balaban J connectivity index is 1.50. The van der Waals surface area contributed by atoms with Gasteiger partial charge in [0.15, 0.2) is 11.5 Å². The van der Waals surface area contributed by atoms with Gasteiger partial charge in [-0.05, 0) is 43.5 Å². The van der Waals surface area contributed by atoms with Gasteiger partial charge in [0.25, 0.3) is 0 Å². The van der Waals surface area contributed by atoms with Crippen LogP contribution < -0.4 is 5.32 Å². The third-order valence-corrected chi connectivity index (χ3v) is 3.99. The average Bonchev–Trinajstić information content (AvgIpc) is 3.21. The maximum atomic E-state index is 12.3. The molecule has 0 saturated carbocycles. The molecule has 0 bridgehead atoms. The number of oxazole rings is 1. The van der Waals surface area contributed by atoms with Crippen molar-refractivity contribution in [1.82, 2.24) is 20.1 Å². The molecule has 2 aromatic heterocycles. The summed E-state index contributed by atoms with van der Waals surface area (Å²) in [6.45, 7) is 4.60. The number of benzene rings is 1. The van der Waals surface area contributed by atoms with Crippen LogP contribution in [0.1, 0.15) is 37.3 Å². The summed E-state index contributed by atoms with van der Waals surface area (Å²) in [5, 5.41) is 7.11. The van der Waals surface area contributed by atoms with Crippen molar-refractivity contribution in [2.24, 2.45) is 0 Å². The lowest BCUT2D eigenvalue weighted by Crippen LogP contribution is -2.33. The quantitative estimate of drug-likeness (QED) is 0.677. The van der Waals surface area contributed by atoms with Crippen LogP contribution in [0.2, 0.25) is 0 Å². The molecule has 24 heavy (non-hydrogen) atoms. The van der Waals surface area contributed by atoms with Crippen molar-refractivity contribution in [2.45, 2.75) is 39.2 Å². The minimum atomic E-state index is -0.257. The van der Waals surface area contributed by atoms with Gasteiger partial charge in [0.2, 0.25) is 5.91 Å². The maximum Gasteiger partial charge on any atom is 0.244 e. The van der Waals surface area contributed by atoms with Gasteiger partial charge in [0.05, 0.1) is 0 Å². The molecule has 0 aliphatic rings. The van der Waals surface area contributed by atoms with Crippen molar-refractivity contribution in [3.63, 3.8) is 0 Å². The Hall–Kier alpha value is -2.63. The Morgan fingerprint density at radius 2 is 2.29 bits per heavy atom. The fraction of sp³-hybridized carbons (Fsp3) is 0.389. The Bertz CT molecular complexity index is 808. The van der Waals surface area contributed by atoms with E-state index in [9.17, 15) is 4.79 Å². The summed E-state index contributed by atoms with van der Waals surface area (Å²) < 4.78 is 7.44. The highest BCUT2D eigenvalue weighted by Crippen LogP contribution is 2.17. The summed E-state index contributed by atoms with van der Waals surface area (Å²) in [5.41, 5.74) is 2.85. The molecule has 6 nitrogen and oxygen atoms in total. The third-order valence-electron chi connectivity index (χ3n) is 3.99. The van der Waals surface area contributed by atoms with Gasteiger partial charge >= 0.3 is 0 Å². The first-order valence-electron chi connectivity index (χ1n) is 8.30. The molecule has 1 N–H and O–H groups in total. The Morgan fingerprint density at radius 1 is 1.42 bits per heavy atom. The van der Waals surface area contributed by atoms with Crippen LogP contribution in [0.5, 0.6) is 0 Å². The molecule has 1 aromatic carbocycles. The molecule has 126 valence electrons. The van der Waals surface area contributed by atoms with Gasteiger partial charge in [-0.3, -0.25) is 9.48 Å². The van der Waals surface area contributed by atoms with E-state index in [1.165, 1.54) is 0 Å². The monoisotopic (exact) mass is 326 g/mol. The van der Waals surface area contributed by atoms with Crippen molar-refractivity contribution in [3.8, 4) is 0 Å². The van der Waals surface area contributed by atoms with E-state index in [1.807, 2.05) is 44.3 Å². The van der Waals surface area contributed by atoms with Gasteiger partial charge in [0.1, 0.15) is 11.6 Å². The van der Waals surface area contributed by atoms with E-state index in [1.54, 1.807) is 10.9 Å². The zero-order chi connectivity index (χ0) is 16.9. The smallest absolute Gasteiger partial charge is 0.244 e. The lowest BCUT2D eigenvalue weighted by Gasteiger charge is -2.15. The molecule has 0 radical (unpaired) electrons. The van der Waals surface area contributed by atoms with Crippen LogP contribution in [0.3, 0.4) is 0 Å². The van der Waals surface area contributed by atoms with E-state index in [0.717, 1.165) is 23.1 Å². The first-order valence-corrected chi connectivity index (χ1v) is 8.30. The van der Waals surface area contributed by atoms with Crippen LogP contribution in [0, 0.1) is 6.92 Å². The summed E-state index contributed by atoms with van der Waals surface area (Å²) in [7, 11) is 0. The SMILES string of the molecule is CCC(C(=O)NCCCc1nc2ccc(C)cc2o1)n1cccn1. The molecule has 1 atom stereocenters. The molecule has 3 aromatic rings. The van der Waals surface area contributed by atoms with Crippen LogP contribution in [0.4, 0.5) is 0 Å². The molecule has 0 fully saturated rings. The summed E-state index contributed by atoms with van der Waals surface area (Å²) in [6.07, 6.45) is 5.69.